The van der Waals surface area contributed by atoms with E-state index in [1.54, 1.807) is 18.6 Å². The van der Waals surface area contributed by atoms with Crippen molar-refractivity contribution < 1.29 is 4.79 Å². The largest absolute Gasteiger partial charge is 0.335 e. The molecule has 0 N–H and O–H groups in total. The number of imidazole rings is 1. The summed E-state index contributed by atoms with van der Waals surface area (Å²) in [6.45, 7) is 3.37. The summed E-state index contributed by atoms with van der Waals surface area (Å²) in [4.78, 5) is 30.5. The molecule has 3 aromatic rings. The molecule has 0 spiro atoms. The van der Waals surface area contributed by atoms with Gasteiger partial charge >= 0.3 is 0 Å². The predicted molar refractivity (Wildman–Crippen MR) is 106 cm³/mol. The van der Waals surface area contributed by atoms with Crippen LogP contribution in [0.15, 0.2) is 42.9 Å². The number of carbonyl (C=O) groups excluding carboxylic acids is 1. The maximum atomic E-state index is 12.9. The molecule has 0 saturated carbocycles. The van der Waals surface area contributed by atoms with Crippen molar-refractivity contribution in [3.8, 4) is 0 Å². The van der Waals surface area contributed by atoms with Crippen molar-refractivity contribution in [3.05, 3.63) is 54.4 Å². The molecule has 3 fully saturated rings. The summed E-state index contributed by atoms with van der Waals surface area (Å²) in [5.74, 6) is 1.57. The number of piperidine rings is 1. The van der Waals surface area contributed by atoms with Gasteiger partial charge in [0.25, 0.3) is 5.91 Å². The fourth-order valence-electron chi connectivity index (χ4n) is 4.63. The molecular formula is C21H24N6O. The molecule has 2 aromatic heterocycles. The van der Waals surface area contributed by atoms with Crippen LogP contribution in [0.3, 0.4) is 0 Å². The second kappa shape index (κ2) is 6.98. The van der Waals surface area contributed by atoms with Crippen molar-refractivity contribution in [2.24, 2.45) is 13.0 Å². The van der Waals surface area contributed by atoms with Crippen LogP contribution < -0.4 is 0 Å². The fourth-order valence-corrected chi connectivity index (χ4v) is 4.63. The molecule has 2 bridgehead atoms. The predicted octanol–water partition coefficient (Wildman–Crippen LogP) is 2.10. The first kappa shape index (κ1) is 17.3. The molecule has 2 unspecified atom stereocenters. The summed E-state index contributed by atoms with van der Waals surface area (Å²) in [6, 6.07) is 8.62. The number of aromatic nitrogens is 4. The number of amides is 1. The van der Waals surface area contributed by atoms with Crippen LogP contribution in [-0.2, 0) is 13.6 Å². The van der Waals surface area contributed by atoms with Gasteiger partial charge in [0.05, 0.1) is 23.8 Å². The molecule has 3 saturated heterocycles. The lowest BCUT2D eigenvalue weighted by atomic mass is 9.95. The van der Waals surface area contributed by atoms with E-state index in [-0.39, 0.29) is 5.91 Å². The van der Waals surface area contributed by atoms with Gasteiger partial charge < -0.3 is 9.47 Å². The Kier molecular flexibility index (Phi) is 4.31. The van der Waals surface area contributed by atoms with Gasteiger partial charge in [-0.25, -0.2) is 9.97 Å². The lowest BCUT2D eigenvalue weighted by Gasteiger charge is -2.35. The molecule has 7 heteroatoms. The van der Waals surface area contributed by atoms with Crippen LogP contribution in [-0.4, -0.2) is 60.9 Å². The van der Waals surface area contributed by atoms with E-state index in [9.17, 15) is 4.79 Å². The second-order valence-corrected chi connectivity index (χ2v) is 7.90. The van der Waals surface area contributed by atoms with Gasteiger partial charge in [0.15, 0.2) is 0 Å². The zero-order valence-corrected chi connectivity index (χ0v) is 16.0. The fraction of sp³-hybridized carbons (Fsp3) is 0.429. The van der Waals surface area contributed by atoms with Gasteiger partial charge in [-0.15, -0.1) is 0 Å². The normalized spacial score (nSPS) is 22.5. The van der Waals surface area contributed by atoms with Gasteiger partial charge in [-0.2, -0.15) is 0 Å². The highest BCUT2D eigenvalue weighted by Gasteiger charge is 2.37. The van der Waals surface area contributed by atoms with Gasteiger partial charge in [0.1, 0.15) is 11.5 Å². The number of rotatable bonds is 3. The van der Waals surface area contributed by atoms with Crippen LogP contribution in [0, 0.1) is 5.92 Å². The standard InChI is InChI=1S/C21H24N6O/c1-25-19-5-3-2-4-17(19)24-20(25)14-26-11-15-6-7-16(26)13-27(12-15)21(28)18-10-22-8-9-23-18/h2-5,8-10,15-16H,6-7,11-14H2,1H3. The second-order valence-electron chi connectivity index (χ2n) is 7.90. The van der Waals surface area contributed by atoms with Crippen LogP contribution in [0.2, 0.25) is 0 Å². The van der Waals surface area contributed by atoms with Crippen molar-refractivity contribution in [1.82, 2.24) is 29.3 Å². The summed E-state index contributed by atoms with van der Waals surface area (Å²) in [6.07, 6.45) is 7.04. The molecule has 1 aromatic carbocycles. The minimum Gasteiger partial charge on any atom is -0.335 e. The van der Waals surface area contributed by atoms with Crippen molar-refractivity contribution in [2.75, 3.05) is 19.6 Å². The third-order valence-corrected chi connectivity index (χ3v) is 6.12. The first-order valence-electron chi connectivity index (χ1n) is 9.88. The molecule has 28 heavy (non-hydrogen) atoms. The molecule has 5 heterocycles. The SMILES string of the molecule is Cn1c(CN2CC3CCC2CN(C(=O)c2cnccn2)C3)nc2ccccc21. The number of aryl methyl sites for hydroxylation is 1. The number of nitrogens with zero attached hydrogens (tertiary/aromatic N) is 6. The maximum absolute atomic E-state index is 12.9. The van der Waals surface area contributed by atoms with Crippen molar-refractivity contribution in [3.63, 3.8) is 0 Å². The van der Waals surface area contributed by atoms with Gasteiger partial charge in [-0.05, 0) is 30.9 Å². The van der Waals surface area contributed by atoms with Crippen LogP contribution in [0.1, 0.15) is 29.2 Å². The summed E-state index contributed by atoms with van der Waals surface area (Å²) in [7, 11) is 2.09. The number of benzene rings is 1. The van der Waals surface area contributed by atoms with Gasteiger partial charge in [0.2, 0.25) is 0 Å². The van der Waals surface area contributed by atoms with Crippen LogP contribution >= 0.6 is 0 Å². The van der Waals surface area contributed by atoms with Gasteiger partial charge in [0, 0.05) is 45.1 Å². The molecule has 1 amide bonds. The van der Waals surface area contributed by atoms with E-state index in [0.29, 0.717) is 17.7 Å². The first-order valence-corrected chi connectivity index (χ1v) is 9.88. The molecule has 7 nitrogen and oxygen atoms in total. The monoisotopic (exact) mass is 376 g/mol. The molecule has 6 rings (SSSR count). The highest BCUT2D eigenvalue weighted by atomic mass is 16.2. The summed E-state index contributed by atoms with van der Waals surface area (Å²) < 4.78 is 2.19. The number of carbonyl (C=O) groups is 1. The van der Waals surface area contributed by atoms with Crippen molar-refractivity contribution in [2.45, 2.75) is 25.4 Å². The average Bonchev–Trinajstić information content (AvgIpc) is 2.89. The lowest BCUT2D eigenvalue weighted by molar-refractivity contribution is 0.0728. The van der Waals surface area contributed by atoms with E-state index in [0.717, 1.165) is 49.5 Å². The number of hydrogen-bond donors (Lipinski definition) is 0. The Morgan fingerprint density at radius 2 is 2.04 bits per heavy atom. The first-order chi connectivity index (χ1) is 13.7. The smallest absolute Gasteiger partial charge is 0.274 e. The number of fused-ring (bicyclic) bond motifs is 5. The Bertz CT molecular complexity index is 1000. The van der Waals surface area contributed by atoms with E-state index >= 15 is 0 Å². The highest BCUT2D eigenvalue weighted by Crippen LogP contribution is 2.30. The molecule has 3 aliphatic rings. The summed E-state index contributed by atoms with van der Waals surface area (Å²) in [5.41, 5.74) is 2.64. The Morgan fingerprint density at radius 3 is 2.86 bits per heavy atom. The van der Waals surface area contributed by atoms with Crippen LogP contribution in [0.5, 0.6) is 0 Å². The number of hydrogen-bond acceptors (Lipinski definition) is 5. The van der Waals surface area contributed by atoms with Gasteiger partial charge in [-0.3, -0.25) is 14.7 Å². The zero-order chi connectivity index (χ0) is 19.1. The summed E-state index contributed by atoms with van der Waals surface area (Å²) >= 11 is 0. The lowest BCUT2D eigenvalue weighted by Crippen LogP contribution is -2.44. The maximum Gasteiger partial charge on any atom is 0.274 e. The molecule has 0 radical (unpaired) electrons. The van der Waals surface area contributed by atoms with E-state index in [2.05, 4.69) is 44.7 Å². The highest BCUT2D eigenvalue weighted by molar-refractivity contribution is 5.92. The number of para-hydroxylation sites is 2. The van der Waals surface area contributed by atoms with Crippen LogP contribution in [0.25, 0.3) is 11.0 Å². The van der Waals surface area contributed by atoms with E-state index in [4.69, 9.17) is 4.98 Å². The Hall–Kier alpha value is -2.80. The van der Waals surface area contributed by atoms with Crippen LogP contribution in [0.4, 0.5) is 0 Å². The topological polar surface area (TPSA) is 67.2 Å². The minimum absolute atomic E-state index is 0.00502. The molecular weight excluding hydrogens is 352 g/mol. The Labute approximate surface area is 164 Å². The third-order valence-electron chi connectivity index (χ3n) is 6.12. The third kappa shape index (κ3) is 3.05. The molecule has 0 aliphatic carbocycles. The van der Waals surface area contributed by atoms with Crippen molar-refractivity contribution in [1.29, 1.82) is 0 Å². The van der Waals surface area contributed by atoms with Crippen molar-refractivity contribution >= 4 is 16.9 Å². The van der Waals surface area contributed by atoms with E-state index < -0.39 is 0 Å². The zero-order valence-electron chi connectivity index (χ0n) is 16.0. The average molecular weight is 376 g/mol. The minimum atomic E-state index is -0.00502. The Balaban J connectivity index is 1.36. The van der Waals surface area contributed by atoms with Gasteiger partial charge in [-0.1, -0.05) is 12.1 Å². The molecule has 2 atom stereocenters. The summed E-state index contributed by atoms with van der Waals surface area (Å²) in [5, 5.41) is 0. The molecule has 3 aliphatic heterocycles. The Morgan fingerprint density at radius 1 is 1.14 bits per heavy atom. The quantitative estimate of drug-likeness (QED) is 0.700. The van der Waals surface area contributed by atoms with E-state index in [1.807, 2.05) is 11.0 Å². The van der Waals surface area contributed by atoms with E-state index in [1.165, 1.54) is 6.42 Å². The molecule has 144 valence electrons.